The molecule has 0 aromatic carbocycles. The second-order valence-corrected chi connectivity index (χ2v) is 2.03. The van der Waals surface area contributed by atoms with Crippen molar-refractivity contribution >= 4 is 6.29 Å². The van der Waals surface area contributed by atoms with E-state index in [9.17, 15) is 4.79 Å². The van der Waals surface area contributed by atoms with Gasteiger partial charge >= 0.3 is 0 Å². The number of allylic oxidation sites excluding steroid dienone is 1. The van der Waals surface area contributed by atoms with Gasteiger partial charge in [0.25, 0.3) is 0 Å². The van der Waals surface area contributed by atoms with E-state index in [-0.39, 0.29) is 6.61 Å². The minimum absolute atomic E-state index is 0.178. The molecule has 58 valence electrons. The molecule has 0 unspecified atom stereocenters. The summed E-state index contributed by atoms with van der Waals surface area (Å²) in [6.45, 7) is 5.37. The molecule has 1 atom stereocenters. The number of carbonyl (C=O) groups excluding carboxylic acids is 1. The second kappa shape index (κ2) is 4.99. The van der Waals surface area contributed by atoms with Crippen molar-refractivity contribution in [3.8, 4) is 0 Å². The van der Waals surface area contributed by atoms with E-state index in [0.29, 0.717) is 6.29 Å². The number of hydrogen-bond acceptors (Lipinski definition) is 3. The minimum Gasteiger partial charge on any atom is -0.394 e. The van der Waals surface area contributed by atoms with E-state index in [1.54, 1.807) is 0 Å². The van der Waals surface area contributed by atoms with Crippen LogP contribution in [0.2, 0.25) is 0 Å². The fourth-order valence-corrected chi connectivity index (χ4v) is 0.487. The van der Waals surface area contributed by atoms with E-state index in [2.05, 4.69) is 11.9 Å². The van der Waals surface area contributed by atoms with Gasteiger partial charge in [-0.25, -0.2) is 0 Å². The lowest BCUT2D eigenvalue weighted by Crippen LogP contribution is -2.32. The molecule has 0 aromatic heterocycles. The normalized spacial score (nSPS) is 12.2. The lowest BCUT2D eigenvalue weighted by Gasteiger charge is -2.11. The molecule has 0 rings (SSSR count). The molecule has 0 aliphatic rings. The fourth-order valence-electron chi connectivity index (χ4n) is 0.487. The van der Waals surface area contributed by atoms with Crippen LogP contribution in [0.5, 0.6) is 0 Å². The van der Waals surface area contributed by atoms with E-state index in [1.165, 1.54) is 0 Å². The number of aliphatic hydroxyl groups excluding tert-OH is 1. The number of aliphatic hydroxyl groups is 1. The third-order valence-electron chi connectivity index (χ3n) is 1.18. The maximum Gasteiger partial charge on any atom is 0.144 e. The lowest BCUT2D eigenvalue weighted by molar-refractivity contribution is -0.110. The Hall–Kier alpha value is -0.830. The van der Waals surface area contributed by atoms with Gasteiger partial charge in [0.05, 0.1) is 6.61 Å². The number of carbonyl (C=O) groups is 1. The van der Waals surface area contributed by atoms with Crippen molar-refractivity contribution in [1.29, 1.82) is 0 Å². The largest absolute Gasteiger partial charge is 0.394 e. The summed E-state index contributed by atoms with van der Waals surface area (Å²) < 4.78 is 0. The average Bonchev–Trinajstić information content (AvgIpc) is 1.99. The summed E-state index contributed by atoms with van der Waals surface area (Å²) in [5.41, 5.74) is 0.770. The van der Waals surface area contributed by atoms with E-state index in [0.717, 1.165) is 12.1 Å². The van der Waals surface area contributed by atoms with E-state index >= 15 is 0 Å². The predicted molar refractivity (Wildman–Crippen MR) is 39.5 cm³/mol. The highest BCUT2D eigenvalue weighted by Crippen LogP contribution is 1.91. The third kappa shape index (κ3) is 3.25. The highest BCUT2D eigenvalue weighted by Gasteiger charge is 2.02. The van der Waals surface area contributed by atoms with Gasteiger partial charge in [0.1, 0.15) is 12.3 Å². The molecule has 0 saturated heterocycles. The molecule has 0 fully saturated rings. The van der Waals surface area contributed by atoms with Gasteiger partial charge in [-0.15, -0.1) is 0 Å². The van der Waals surface area contributed by atoms with Gasteiger partial charge in [0.2, 0.25) is 0 Å². The molecule has 0 aliphatic carbocycles. The Labute approximate surface area is 60.7 Å². The first-order valence-electron chi connectivity index (χ1n) is 3.25. The summed E-state index contributed by atoms with van der Waals surface area (Å²) in [7, 11) is 0. The molecule has 0 spiro atoms. The Morgan fingerprint density at radius 1 is 1.90 bits per heavy atom. The van der Waals surface area contributed by atoms with Gasteiger partial charge in [-0.05, 0) is 6.42 Å². The van der Waals surface area contributed by atoms with Gasteiger partial charge in [-0.1, -0.05) is 13.5 Å². The quantitative estimate of drug-likeness (QED) is 0.535. The summed E-state index contributed by atoms with van der Waals surface area (Å²) in [4.78, 5) is 10.1. The summed E-state index contributed by atoms with van der Waals surface area (Å²) in [5.74, 6) is 0. The van der Waals surface area contributed by atoms with Crippen LogP contribution in [0.3, 0.4) is 0 Å². The van der Waals surface area contributed by atoms with Crippen LogP contribution >= 0.6 is 0 Å². The van der Waals surface area contributed by atoms with Gasteiger partial charge < -0.3 is 15.2 Å². The van der Waals surface area contributed by atoms with Crippen LogP contribution in [0.25, 0.3) is 0 Å². The predicted octanol–water partition coefficient (Wildman–Crippen LogP) is 0.0595. The topological polar surface area (TPSA) is 49.3 Å². The molecular weight excluding hydrogens is 130 g/mol. The first-order chi connectivity index (χ1) is 4.74. The third-order valence-corrected chi connectivity index (χ3v) is 1.18. The monoisotopic (exact) mass is 143 g/mol. The molecule has 3 nitrogen and oxygen atoms in total. The SMILES string of the molecule is C=C(CC)N[C@H](C=O)CO. The molecule has 0 amide bonds. The summed E-state index contributed by atoms with van der Waals surface area (Å²) in [6.07, 6.45) is 1.44. The van der Waals surface area contributed by atoms with Crippen LogP contribution in [0, 0.1) is 0 Å². The minimum atomic E-state index is -0.493. The number of rotatable bonds is 5. The Morgan fingerprint density at radius 2 is 2.50 bits per heavy atom. The highest BCUT2D eigenvalue weighted by molar-refractivity contribution is 5.58. The first kappa shape index (κ1) is 9.17. The second-order valence-electron chi connectivity index (χ2n) is 2.03. The molecular formula is C7H13NO2. The molecule has 0 heterocycles. The molecule has 3 heteroatoms. The zero-order valence-corrected chi connectivity index (χ0v) is 6.13. The van der Waals surface area contributed by atoms with E-state index < -0.39 is 6.04 Å². The van der Waals surface area contributed by atoms with Crippen molar-refractivity contribution in [2.45, 2.75) is 19.4 Å². The Balaban J connectivity index is 3.62. The molecule has 2 N–H and O–H groups in total. The maximum absolute atomic E-state index is 10.1. The highest BCUT2D eigenvalue weighted by atomic mass is 16.3. The summed E-state index contributed by atoms with van der Waals surface area (Å²) >= 11 is 0. The summed E-state index contributed by atoms with van der Waals surface area (Å²) in [6, 6.07) is -0.493. The van der Waals surface area contributed by atoms with Gasteiger partial charge in [-0.2, -0.15) is 0 Å². The van der Waals surface area contributed by atoms with Crippen molar-refractivity contribution in [1.82, 2.24) is 5.32 Å². The van der Waals surface area contributed by atoms with Crippen LogP contribution in [0.15, 0.2) is 12.3 Å². The van der Waals surface area contributed by atoms with Crippen LogP contribution in [-0.2, 0) is 4.79 Å². The smallest absolute Gasteiger partial charge is 0.144 e. The maximum atomic E-state index is 10.1. The van der Waals surface area contributed by atoms with Crippen molar-refractivity contribution in [3.63, 3.8) is 0 Å². The van der Waals surface area contributed by atoms with Crippen molar-refractivity contribution in [2.24, 2.45) is 0 Å². The van der Waals surface area contributed by atoms with Crippen LogP contribution in [0.4, 0.5) is 0 Å². The zero-order chi connectivity index (χ0) is 7.98. The molecule has 0 aromatic rings. The van der Waals surface area contributed by atoms with Gasteiger partial charge in [0, 0.05) is 5.70 Å². The lowest BCUT2D eigenvalue weighted by atomic mass is 10.3. The van der Waals surface area contributed by atoms with Crippen LogP contribution < -0.4 is 5.32 Å². The van der Waals surface area contributed by atoms with Crippen molar-refractivity contribution < 1.29 is 9.90 Å². The van der Waals surface area contributed by atoms with E-state index in [1.807, 2.05) is 6.92 Å². The molecule has 0 bridgehead atoms. The van der Waals surface area contributed by atoms with Crippen LogP contribution in [-0.4, -0.2) is 24.0 Å². The van der Waals surface area contributed by atoms with Gasteiger partial charge in [0.15, 0.2) is 0 Å². The van der Waals surface area contributed by atoms with Crippen molar-refractivity contribution in [2.75, 3.05) is 6.61 Å². The Kier molecular flexibility index (Phi) is 4.58. The molecule has 0 radical (unpaired) electrons. The van der Waals surface area contributed by atoms with Crippen molar-refractivity contribution in [3.05, 3.63) is 12.3 Å². The van der Waals surface area contributed by atoms with Crippen LogP contribution in [0.1, 0.15) is 13.3 Å². The number of nitrogens with one attached hydrogen (secondary N) is 1. The van der Waals surface area contributed by atoms with Gasteiger partial charge in [-0.3, -0.25) is 0 Å². The number of aldehydes is 1. The number of hydrogen-bond donors (Lipinski definition) is 2. The zero-order valence-electron chi connectivity index (χ0n) is 6.13. The fraction of sp³-hybridized carbons (Fsp3) is 0.571. The summed E-state index contributed by atoms with van der Waals surface area (Å²) in [5, 5.41) is 11.3. The average molecular weight is 143 g/mol. The molecule has 0 aliphatic heterocycles. The standard InChI is InChI=1S/C7H13NO2/c1-3-6(2)8-7(4-9)5-10/h4,7-8,10H,2-3,5H2,1H3/t7-/m1/s1. The Bertz CT molecular complexity index is 123. The van der Waals surface area contributed by atoms with E-state index in [4.69, 9.17) is 5.11 Å². The first-order valence-corrected chi connectivity index (χ1v) is 3.25. The molecule has 10 heavy (non-hydrogen) atoms. The molecule has 0 saturated carbocycles. The Morgan fingerprint density at radius 3 is 2.80 bits per heavy atom.